The maximum atomic E-state index is 12.2. The lowest BCUT2D eigenvalue weighted by Crippen LogP contribution is -2.47. The van der Waals surface area contributed by atoms with Crippen LogP contribution in [0.2, 0.25) is 0 Å². The average molecular weight is 255 g/mol. The Morgan fingerprint density at radius 3 is 2.22 bits per heavy atom. The number of piperidine rings is 1. The molecule has 1 unspecified atom stereocenters. The van der Waals surface area contributed by atoms with E-state index >= 15 is 0 Å². The number of hydrogen-bond acceptors (Lipinski definition) is 3. The fourth-order valence-electron chi connectivity index (χ4n) is 2.26. The summed E-state index contributed by atoms with van der Waals surface area (Å²) in [4.78, 5) is 16.4. The molecule has 0 saturated carbocycles. The Hall–Kier alpha value is -0.610. The van der Waals surface area contributed by atoms with E-state index in [1.54, 1.807) is 0 Å². The van der Waals surface area contributed by atoms with Crippen molar-refractivity contribution in [2.45, 2.75) is 52.1 Å². The number of carbonyl (C=O) groups is 1. The van der Waals surface area contributed by atoms with Crippen LogP contribution < -0.4 is 5.73 Å². The number of nitrogens with two attached hydrogens (primary N) is 1. The van der Waals surface area contributed by atoms with Crippen LogP contribution in [-0.2, 0) is 4.79 Å². The molecule has 0 aromatic heterocycles. The molecular weight excluding hydrogens is 226 g/mol. The summed E-state index contributed by atoms with van der Waals surface area (Å²) in [7, 11) is 4.22. The minimum Gasteiger partial charge on any atom is -0.343 e. The molecule has 4 heteroatoms. The van der Waals surface area contributed by atoms with Crippen LogP contribution in [0.25, 0.3) is 0 Å². The second kappa shape index (κ2) is 6.02. The molecule has 0 aliphatic carbocycles. The van der Waals surface area contributed by atoms with Gasteiger partial charge < -0.3 is 15.5 Å². The van der Waals surface area contributed by atoms with Gasteiger partial charge >= 0.3 is 0 Å². The zero-order valence-electron chi connectivity index (χ0n) is 12.6. The van der Waals surface area contributed by atoms with Crippen molar-refractivity contribution in [3.05, 3.63) is 0 Å². The van der Waals surface area contributed by atoms with E-state index < -0.39 is 0 Å². The van der Waals surface area contributed by atoms with Gasteiger partial charge in [-0.3, -0.25) is 4.79 Å². The molecule has 1 fully saturated rings. The van der Waals surface area contributed by atoms with Gasteiger partial charge in [-0.1, -0.05) is 20.8 Å². The van der Waals surface area contributed by atoms with Crippen LogP contribution in [0.1, 0.15) is 40.0 Å². The molecule has 1 aliphatic heterocycles. The van der Waals surface area contributed by atoms with Gasteiger partial charge in [0.15, 0.2) is 0 Å². The molecule has 4 nitrogen and oxygen atoms in total. The Morgan fingerprint density at radius 2 is 1.83 bits per heavy atom. The summed E-state index contributed by atoms with van der Waals surface area (Å²) in [5, 5.41) is 0. The monoisotopic (exact) mass is 255 g/mol. The van der Waals surface area contributed by atoms with Gasteiger partial charge in [0.2, 0.25) is 5.91 Å². The van der Waals surface area contributed by atoms with Crippen molar-refractivity contribution in [3.63, 3.8) is 0 Å². The van der Waals surface area contributed by atoms with Crippen molar-refractivity contribution < 1.29 is 4.79 Å². The number of hydrogen-bond donors (Lipinski definition) is 1. The summed E-state index contributed by atoms with van der Waals surface area (Å²) >= 11 is 0. The summed E-state index contributed by atoms with van der Waals surface area (Å²) in [5.74, 6) is 0.217. The highest BCUT2D eigenvalue weighted by molar-refractivity contribution is 5.77. The van der Waals surface area contributed by atoms with E-state index in [2.05, 4.69) is 39.8 Å². The van der Waals surface area contributed by atoms with Gasteiger partial charge in [0.25, 0.3) is 0 Å². The average Bonchev–Trinajstić information content (AvgIpc) is 2.27. The molecule has 106 valence electrons. The Morgan fingerprint density at radius 1 is 1.33 bits per heavy atom. The van der Waals surface area contributed by atoms with Crippen molar-refractivity contribution >= 4 is 5.91 Å². The van der Waals surface area contributed by atoms with Crippen LogP contribution in [0.5, 0.6) is 0 Å². The third kappa shape index (κ3) is 4.25. The molecule has 2 N–H and O–H groups in total. The molecule has 1 atom stereocenters. The highest BCUT2D eigenvalue weighted by Crippen LogP contribution is 2.22. The van der Waals surface area contributed by atoms with Gasteiger partial charge in [-0.05, 0) is 32.4 Å². The highest BCUT2D eigenvalue weighted by Gasteiger charge is 2.28. The van der Waals surface area contributed by atoms with Crippen LogP contribution in [-0.4, -0.2) is 55.0 Å². The molecule has 18 heavy (non-hydrogen) atoms. The molecule has 1 amide bonds. The second-order valence-electron chi connectivity index (χ2n) is 6.75. The Labute approximate surface area is 111 Å². The first-order valence-corrected chi connectivity index (χ1v) is 6.91. The lowest BCUT2D eigenvalue weighted by atomic mass is 9.85. The molecule has 0 bridgehead atoms. The first kappa shape index (κ1) is 15.4. The summed E-state index contributed by atoms with van der Waals surface area (Å²) in [5.41, 5.74) is 6.08. The van der Waals surface area contributed by atoms with Crippen molar-refractivity contribution in [1.82, 2.24) is 9.80 Å². The second-order valence-corrected chi connectivity index (χ2v) is 6.75. The molecule has 1 saturated heterocycles. The van der Waals surface area contributed by atoms with Crippen molar-refractivity contribution in [2.75, 3.05) is 27.2 Å². The van der Waals surface area contributed by atoms with Gasteiger partial charge in [0.05, 0.1) is 0 Å². The highest BCUT2D eigenvalue weighted by atomic mass is 16.2. The normalized spacial score (nSPS) is 20.3. The summed E-state index contributed by atoms with van der Waals surface area (Å²) < 4.78 is 0. The fraction of sp³-hybridized carbons (Fsp3) is 0.929. The molecule has 0 aromatic carbocycles. The van der Waals surface area contributed by atoms with E-state index in [1.165, 1.54) is 0 Å². The maximum Gasteiger partial charge on any atom is 0.224 e. The van der Waals surface area contributed by atoms with Gasteiger partial charge in [0.1, 0.15) is 0 Å². The van der Waals surface area contributed by atoms with Crippen LogP contribution in [0.15, 0.2) is 0 Å². The zero-order chi connectivity index (χ0) is 13.9. The van der Waals surface area contributed by atoms with E-state index in [-0.39, 0.29) is 17.4 Å². The number of rotatable bonds is 3. The van der Waals surface area contributed by atoms with Crippen LogP contribution in [0.3, 0.4) is 0 Å². The minimum absolute atomic E-state index is 0.00236. The minimum atomic E-state index is -0.0587. The predicted octanol–water partition coefficient (Wildman–Crippen LogP) is 1.30. The quantitative estimate of drug-likeness (QED) is 0.827. The number of carbonyl (C=O) groups excluding carboxylic acids is 1. The summed E-state index contributed by atoms with van der Waals surface area (Å²) in [6, 6.07) is 0.557. The molecule has 1 heterocycles. The topological polar surface area (TPSA) is 49.6 Å². The van der Waals surface area contributed by atoms with E-state index in [4.69, 9.17) is 5.73 Å². The van der Waals surface area contributed by atoms with E-state index in [0.29, 0.717) is 12.5 Å². The Balaban J connectivity index is 2.41. The van der Waals surface area contributed by atoms with E-state index in [1.807, 2.05) is 4.90 Å². The molecule has 1 aliphatic rings. The fourth-order valence-corrected chi connectivity index (χ4v) is 2.26. The third-order valence-corrected chi connectivity index (χ3v) is 4.05. The largest absolute Gasteiger partial charge is 0.343 e. The molecule has 0 spiro atoms. The zero-order valence-corrected chi connectivity index (χ0v) is 12.6. The molecule has 1 rings (SSSR count). The lowest BCUT2D eigenvalue weighted by molar-refractivity contribution is -0.133. The SMILES string of the molecule is CN(C)C1CCN(C(=O)CC(N)C(C)(C)C)CC1. The number of nitrogens with zero attached hydrogens (tertiary/aromatic N) is 2. The van der Waals surface area contributed by atoms with Crippen molar-refractivity contribution in [3.8, 4) is 0 Å². The van der Waals surface area contributed by atoms with Crippen molar-refractivity contribution in [2.24, 2.45) is 11.1 Å². The first-order valence-electron chi connectivity index (χ1n) is 6.91. The van der Waals surface area contributed by atoms with Gasteiger partial charge in [0, 0.05) is 31.6 Å². The van der Waals surface area contributed by atoms with Crippen LogP contribution >= 0.6 is 0 Å². The Bertz CT molecular complexity index is 275. The maximum absolute atomic E-state index is 12.2. The lowest BCUT2D eigenvalue weighted by Gasteiger charge is -2.36. The van der Waals surface area contributed by atoms with Gasteiger partial charge in [-0.15, -0.1) is 0 Å². The molecule has 0 radical (unpaired) electrons. The third-order valence-electron chi connectivity index (χ3n) is 4.05. The predicted molar refractivity (Wildman–Crippen MR) is 75.3 cm³/mol. The van der Waals surface area contributed by atoms with Gasteiger partial charge in [-0.2, -0.15) is 0 Å². The van der Waals surface area contributed by atoms with E-state index in [0.717, 1.165) is 25.9 Å². The molecular formula is C14H29N3O. The van der Waals surface area contributed by atoms with Crippen LogP contribution in [0, 0.1) is 5.41 Å². The van der Waals surface area contributed by atoms with Crippen molar-refractivity contribution in [1.29, 1.82) is 0 Å². The standard InChI is InChI=1S/C14H29N3O/c1-14(2,3)12(15)10-13(18)17-8-6-11(7-9-17)16(4)5/h11-12H,6-10,15H2,1-5H3. The summed E-state index contributed by atoms with van der Waals surface area (Å²) in [6.07, 6.45) is 2.61. The Kier molecular flexibility index (Phi) is 5.17. The number of likely N-dealkylation sites (tertiary alicyclic amines) is 1. The van der Waals surface area contributed by atoms with Gasteiger partial charge in [-0.25, -0.2) is 0 Å². The number of amides is 1. The van der Waals surface area contributed by atoms with Crippen LogP contribution in [0.4, 0.5) is 0 Å². The first-order chi connectivity index (χ1) is 8.21. The van der Waals surface area contributed by atoms with E-state index in [9.17, 15) is 4.79 Å². The molecule has 0 aromatic rings. The smallest absolute Gasteiger partial charge is 0.224 e. The summed E-state index contributed by atoms with van der Waals surface area (Å²) in [6.45, 7) is 8.01.